The van der Waals surface area contributed by atoms with Crippen molar-refractivity contribution in [1.29, 1.82) is 0 Å². The molecule has 0 bridgehead atoms. The summed E-state index contributed by atoms with van der Waals surface area (Å²) in [4.78, 5) is 11.2. The van der Waals surface area contributed by atoms with Gasteiger partial charge in [0.25, 0.3) is 0 Å². The number of Topliss-reactive ketones (excluding diaryl/α,β-unsaturated/α-hetero) is 1. The first-order valence-electron chi connectivity index (χ1n) is 4.06. The zero-order valence-electron chi connectivity index (χ0n) is 6.88. The average molecular weight is 154 g/mol. The summed E-state index contributed by atoms with van der Waals surface area (Å²) in [5, 5.41) is 0. The van der Waals surface area contributed by atoms with Gasteiger partial charge in [0.05, 0.1) is 13.2 Å². The molecule has 1 aliphatic rings. The lowest BCUT2D eigenvalue weighted by molar-refractivity contribution is -0.130. The maximum atomic E-state index is 11.2. The Labute approximate surface area is 67.2 Å². The van der Waals surface area contributed by atoms with E-state index in [0.717, 1.165) is 6.42 Å². The number of hydrogen-bond acceptors (Lipinski definition) is 2. The highest BCUT2D eigenvalue weighted by atomic mass is 16.5. The molecule has 0 radical (unpaired) electrons. The highest BCUT2D eigenvalue weighted by Crippen LogP contribution is 2.13. The largest absolute Gasteiger partial charge is 0.380 e. The van der Waals surface area contributed by atoms with Crippen LogP contribution in [0.2, 0.25) is 0 Å². The topological polar surface area (TPSA) is 26.3 Å². The molecule has 1 saturated heterocycles. The molecule has 1 aliphatic heterocycles. The summed E-state index contributed by atoms with van der Waals surface area (Å²) in [7, 11) is 0. The summed E-state index contributed by atoms with van der Waals surface area (Å²) in [6.07, 6.45) is 5.44. The molecular weight excluding hydrogens is 140 g/mol. The fraction of sp³-hybridized carbons (Fsp3) is 0.667. The van der Waals surface area contributed by atoms with E-state index in [1.807, 2.05) is 19.1 Å². The summed E-state index contributed by atoms with van der Waals surface area (Å²) in [6.45, 7) is 3.20. The van der Waals surface area contributed by atoms with Crippen LogP contribution < -0.4 is 0 Å². The fourth-order valence-electron chi connectivity index (χ4n) is 1.20. The molecule has 0 aromatic heterocycles. The number of carbonyl (C=O) groups is 1. The van der Waals surface area contributed by atoms with Gasteiger partial charge in [0, 0.05) is 12.3 Å². The molecule has 1 unspecified atom stereocenters. The maximum absolute atomic E-state index is 11.2. The van der Waals surface area contributed by atoms with Gasteiger partial charge in [0.1, 0.15) is 5.78 Å². The zero-order chi connectivity index (χ0) is 8.10. The van der Waals surface area contributed by atoms with Gasteiger partial charge in [-0.1, -0.05) is 12.2 Å². The second-order valence-corrected chi connectivity index (χ2v) is 2.79. The van der Waals surface area contributed by atoms with E-state index in [1.165, 1.54) is 0 Å². The highest BCUT2D eigenvalue weighted by molar-refractivity contribution is 5.81. The van der Waals surface area contributed by atoms with E-state index in [0.29, 0.717) is 25.4 Å². The predicted molar refractivity (Wildman–Crippen MR) is 43.4 cm³/mol. The molecule has 1 heterocycles. The molecule has 2 nitrogen and oxygen atoms in total. The third-order valence-corrected chi connectivity index (χ3v) is 1.92. The van der Waals surface area contributed by atoms with Crippen molar-refractivity contribution in [2.45, 2.75) is 19.8 Å². The molecule has 2 heteroatoms. The summed E-state index contributed by atoms with van der Waals surface area (Å²) >= 11 is 0. The van der Waals surface area contributed by atoms with Crippen molar-refractivity contribution >= 4 is 5.78 Å². The first-order valence-corrected chi connectivity index (χ1v) is 4.06. The summed E-state index contributed by atoms with van der Waals surface area (Å²) in [5.74, 6) is 0.481. The Hall–Kier alpha value is -0.630. The van der Waals surface area contributed by atoms with Crippen molar-refractivity contribution in [3.63, 3.8) is 0 Å². The van der Waals surface area contributed by atoms with Crippen molar-refractivity contribution in [2.24, 2.45) is 5.92 Å². The Balaban J connectivity index is 2.35. The molecule has 0 saturated carbocycles. The van der Waals surface area contributed by atoms with Gasteiger partial charge in [-0.15, -0.1) is 0 Å². The predicted octanol–water partition coefficient (Wildman–Crippen LogP) is 1.56. The molecule has 62 valence electrons. The van der Waals surface area contributed by atoms with E-state index in [1.54, 1.807) is 0 Å². The Kier molecular flexibility index (Phi) is 3.30. The molecule has 0 aromatic carbocycles. The van der Waals surface area contributed by atoms with Gasteiger partial charge in [-0.3, -0.25) is 4.79 Å². The fourth-order valence-corrected chi connectivity index (χ4v) is 1.20. The van der Waals surface area contributed by atoms with Crippen LogP contribution in [0.25, 0.3) is 0 Å². The normalized spacial score (nSPS) is 26.3. The SMILES string of the molecule is C/C=C/CC1COCCC1=O. The third-order valence-electron chi connectivity index (χ3n) is 1.92. The van der Waals surface area contributed by atoms with Crippen LogP contribution >= 0.6 is 0 Å². The zero-order valence-corrected chi connectivity index (χ0v) is 6.88. The van der Waals surface area contributed by atoms with Gasteiger partial charge < -0.3 is 4.74 Å². The second kappa shape index (κ2) is 4.29. The Bertz CT molecular complexity index is 161. The Morgan fingerprint density at radius 2 is 2.55 bits per heavy atom. The number of hydrogen-bond donors (Lipinski definition) is 0. The van der Waals surface area contributed by atoms with Gasteiger partial charge in [-0.05, 0) is 13.3 Å². The maximum Gasteiger partial charge on any atom is 0.140 e. The number of ether oxygens (including phenoxy) is 1. The van der Waals surface area contributed by atoms with Gasteiger partial charge in [0.2, 0.25) is 0 Å². The number of carbonyl (C=O) groups excluding carboxylic acids is 1. The van der Waals surface area contributed by atoms with Crippen LogP contribution in [0.3, 0.4) is 0 Å². The standard InChI is InChI=1S/C9H14O2/c1-2-3-4-8-7-11-6-5-9(8)10/h2-3,8H,4-7H2,1H3/b3-2+. The van der Waals surface area contributed by atoms with Gasteiger partial charge in [-0.25, -0.2) is 0 Å². The van der Waals surface area contributed by atoms with Crippen LogP contribution in [-0.2, 0) is 9.53 Å². The smallest absolute Gasteiger partial charge is 0.140 e. The van der Waals surface area contributed by atoms with E-state index in [4.69, 9.17) is 4.74 Å². The Morgan fingerprint density at radius 3 is 3.18 bits per heavy atom. The summed E-state index contributed by atoms with van der Waals surface area (Å²) < 4.78 is 5.19. The van der Waals surface area contributed by atoms with Crippen LogP contribution in [0.1, 0.15) is 19.8 Å². The van der Waals surface area contributed by atoms with Crippen LogP contribution in [0.5, 0.6) is 0 Å². The van der Waals surface area contributed by atoms with E-state index in [9.17, 15) is 4.79 Å². The second-order valence-electron chi connectivity index (χ2n) is 2.79. The minimum absolute atomic E-state index is 0.125. The van der Waals surface area contributed by atoms with Crippen molar-refractivity contribution in [1.82, 2.24) is 0 Å². The van der Waals surface area contributed by atoms with Crippen molar-refractivity contribution < 1.29 is 9.53 Å². The molecule has 11 heavy (non-hydrogen) atoms. The van der Waals surface area contributed by atoms with Crippen LogP contribution in [0.4, 0.5) is 0 Å². The number of rotatable bonds is 2. The first-order chi connectivity index (χ1) is 5.34. The van der Waals surface area contributed by atoms with E-state index >= 15 is 0 Å². The molecule has 0 aliphatic carbocycles. The van der Waals surface area contributed by atoms with Crippen LogP contribution in [0, 0.1) is 5.92 Å². The van der Waals surface area contributed by atoms with Crippen molar-refractivity contribution in [3.05, 3.63) is 12.2 Å². The summed E-state index contributed by atoms with van der Waals surface area (Å²) in [6, 6.07) is 0. The monoisotopic (exact) mass is 154 g/mol. The molecule has 1 fully saturated rings. The molecule has 1 atom stereocenters. The van der Waals surface area contributed by atoms with E-state index in [2.05, 4.69) is 0 Å². The number of allylic oxidation sites excluding steroid dienone is 2. The lowest BCUT2D eigenvalue weighted by Crippen LogP contribution is -2.26. The van der Waals surface area contributed by atoms with E-state index < -0.39 is 0 Å². The lowest BCUT2D eigenvalue weighted by Gasteiger charge is -2.19. The lowest BCUT2D eigenvalue weighted by atomic mass is 9.97. The minimum atomic E-state index is 0.125. The molecule has 0 aromatic rings. The highest BCUT2D eigenvalue weighted by Gasteiger charge is 2.20. The minimum Gasteiger partial charge on any atom is -0.380 e. The first kappa shape index (κ1) is 8.47. The molecule has 0 spiro atoms. The number of ketones is 1. The van der Waals surface area contributed by atoms with Crippen molar-refractivity contribution in [3.8, 4) is 0 Å². The third kappa shape index (κ3) is 2.46. The molecule has 1 rings (SSSR count). The van der Waals surface area contributed by atoms with Crippen molar-refractivity contribution in [2.75, 3.05) is 13.2 Å². The molecule has 0 N–H and O–H groups in total. The molecule has 0 amide bonds. The van der Waals surface area contributed by atoms with E-state index in [-0.39, 0.29) is 5.92 Å². The van der Waals surface area contributed by atoms with Gasteiger partial charge in [-0.2, -0.15) is 0 Å². The molecular formula is C9H14O2. The quantitative estimate of drug-likeness (QED) is 0.564. The van der Waals surface area contributed by atoms with Gasteiger partial charge >= 0.3 is 0 Å². The van der Waals surface area contributed by atoms with Gasteiger partial charge in [0.15, 0.2) is 0 Å². The Morgan fingerprint density at radius 1 is 1.73 bits per heavy atom. The average Bonchev–Trinajstić information content (AvgIpc) is 2.03. The summed E-state index contributed by atoms with van der Waals surface area (Å²) in [5.41, 5.74) is 0. The van der Waals surface area contributed by atoms with Crippen LogP contribution in [-0.4, -0.2) is 19.0 Å². The van der Waals surface area contributed by atoms with Crippen LogP contribution in [0.15, 0.2) is 12.2 Å².